The Bertz CT molecular complexity index is 1150. The van der Waals surface area contributed by atoms with Gasteiger partial charge in [-0.15, -0.1) is 0 Å². The summed E-state index contributed by atoms with van der Waals surface area (Å²) in [6, 6.07) is 23.5. The summed E-state index contributed by atoms with van der Waals surface area (Å²) in [6.07, 6.45) is 1.65. The van der Waals surface area contributed by atoms with Gasteiger partial charge in [0.15, 0.2) is 0 Å². The third-order valence-electron chi connectivity index (χ3n) is 7.24. The molecular weight excluding hydrogens is 450 g/mol. The molecule has 1 atom stereocenters. The van der Waals surface area contributed by atoms with Crippen LogP contribution in [0.1, 0.15) is 24.0 Å². The van der Waals surface area contributed by atoms with Gasteiger partial charge in [0.2, 0.25) is 0 Å². The van der Waals surface area contributed by atoms with Crippen LogP contribution in [0.25, 0.3) is 10.8 Å². The zero-order valence-corrected chi connectivity index (χ0v) is 21.3. The molecule has 3 aromatic rings. The highest BCUT2D eigenvalue weighted by molar-refractivity contribution is 5.85. The summed E-state index contributed by atoms with van der Waals surface area (Å²) in [4.78, 5) is 19.2. The van der Waals surface area contributed by atoms with Gasteiger partial charge in [-0.25, -0.2) is 0 Å². The maximum absolute atomic E-state index is 12.5. The highest BCUT2D eigenvalue weighted by atomic mass is 16.5. The Labute approximate surface area is 214 Å². The van der Waals surface area contributed by atoms with E-state index in [1.165, 1.54) is 21.9 Å². The third kappa shape index (κ3) is 6.25. The van der Waals surface area contributed by atoms with Crippen molar-refractivity contribution in [3.8, 4) is 5.75 Å². The van der Waals surface area contributed by atoms with E-state index < -0.39 is 0 Å². The predicted octanol–water partition coefficient (Wildman–Crippen LogP) is 4.17. The van der Waals surface area contributed by atoms with E-state index in [1.54, 1.807) is 0 Å². The summed E-state index contributed by atoms with van der Waals surface area (Å²) in [5.74, 6) is 1.09. The molecule has 1 amide bonds. The van der Waals surface area contributed by atoms with Crippen LogP contribution in [-0.4, -0.2) is 79.7 Å². The summed E-state index contributed by atoms with van der Waals surface area (Å²) in [6.45, 7) is 7.32. The molecule has 6 nitrogen and oxygen atoms in total. The van der Waals surface area contributed by atoms with Crippen molar-refractivity contribution in [3.05, 3.63) is 77.9 Å². The molecule has 0 spiro atoms. The Kier molecular flexibility index (Phi) is 8.16. The SMILES string of the molecule is CN(Cc1cccc(OCCN2CCN(C(=O)[C@H]3CCCO3)CC2)c1)Cc1cccc2ccccc12. The van der Waals surface area contributed by atoms with E-state index in [9.17, 15) is 4.79 Å². The first-order valence-electron chi connectivity index (χ1n) is 13.2. The Morgan fingerprint density at radius 2 is 1.81 bits per heavy atom. The van der Waals surface area contributed by atoms with Gasteiger partial charge in [-0.2, -0.15) is 0 Å². The van der Waals surface area contributed by atoms with E-state index in [1.807, 2.05) is 11.0 Å². The van der Waals surface area contributed by atoms with Crippen LogP contribution in [-0.2, 0) is 22.6 Å². The van der Waals surface area contributed by atoms with Crippen molar-refractivity contribution < 1.29 is 14.3 Å². The van der Waals surface area contributed by atoms with Crippen molar-refractivity contribution in [3.63, 3.8) is 0 Å². The van der Waals surface area contributed by atoms with Gasteiger partial charge < -0.3 is 14.4 Å². The number of hydrogen-bond acceptors (Lipinski definition) is 5. The van der Waals surface area contributed by atoms with E-state index >= 15 is 0 Å². The number of hydrogen-bond donors (Lipinski definition) is 0. The number of benzene rings is 3. The van der Waals surface area contributed by atoms with E-state index in [-0.39, 0.29) is 12.0 Å². The van der Waals surface area contributed by atoms with Crippen LogP contribution in [0.4, 0.5) is 0 Å². The molecule has 2 aliphatic rings. The van der Waals surface area contributed by atoms with Crippen LogP contribution < -0.4 is 4.74 Å². The van der Waals surface area contributed by atoms with E-state index in [2.05, 4.69) is 77.5 Å². The Morgan fingerprint density at radius 1 is 1.00 bits per heavy atom. The van der Waals surface area contributed by atoms with Crippen LogP contribution >= 0.6 is 0 Å². The molecule has 36 heavy (non-hydrogen) atoms. The van der Waals surface area contributed by atoms with Gasteiger partial charge in [0, 0.05) is 52.4 Å². The van der Waals surface area contributed by atoms with E-state index in [0.29, 0.717) is 6.61 Å². The molecule has 0 saturated carbocycles. The minimum Gasteiger partial charge on any atom is -0.492 e. The van der Waals surface area contributed by atoms with Crippen LogP contribution in [0.3, 0.4) is 0 Å². The zero-order chi connectivity index (χ0) is 24.7. The molecule has 0 unspecified atom stereocenters. The molecule has 190 valence electrons. The normalized spacial score (nSPS) is 18.7. The molecule has 2 fully saturated rings. The minimum absolute atomic E-state index is 0.172. The van der Waals surface area contributed by atoms with Crippen molar-refractivity contribution in [1.29, 1.82) is 0 Å². The number of amides is 1. The van der Waals surface area contributed by atoms with Crippen molar-refractivity contribution >= 4 is 16.7 Å². The van der Waals surface area contributed by atoms with Crippen LogP contribution in [0.2, 0.25) is 0 Å². The number of carbonyl (C=O) groups excluding carboxylic acids is 1. The first-order chi connectivity index (χ1) is 17.7. The Balaban J connectivity index is 1.06. The third-order valence-corrected chi connectivity index (χ3v) is 7.24. The van der Waals surface area contributed by atoms with Gasteiger partial charge >= 0.3 is 0 Å². The largest absolute Gasteiger partial charge is 0.492 e. The first kappa shape index (κ1) is 24.8. The molecule has 0 aromatic heterocycles. The summed E-state index contributed by atoms with van der Waals surface area (Å²) in [7, 11) is 2.17. The molecule has 2 saturated heterocycles. The molecule has 2 heterocycles. The lowest BCUT2D eigenvalue weighted by molar-refractivity contribution is -0.142. The molecule has 3 aromatic carbocycles. The molecular formula is C30H37N3O3. The standard InChI is InChI=1S/C30H37N3O3/c1-31(23-26-10-5-9-25-8-2-3-12-28(25)26)22-24-7-4-11-27(21-24)35-20-18-32-14-16-33(17-15-32)30(34)29-13-6-19-36-29/h2-5,7-12,21,29H,6,13-20,22-23H2,1H3/t29-/m1/s1. The minimum atomic E-state index is -0.210. The lowest BCUT2D eigenvalue weighted by atomic mass is 10.0. The highest BCUT2D eigenvalue weighted by Crippen LogP contribution is 2.21. The lowest BCUT2D eigenvalue weighted by Gasteiger charge is -2.35. The maximum atomic E-state index is 12.5. The highest BCUT2D eigenvalue weighted by Gasteiger charge is 2.30. The number of fused-ring (bicyclic) bond motifs is 1. The van der Waals surface area contributed by atoms with Crippen LogP contribution in [0, 0.1) is 0 Å². The number of nitrogens with zero attached hydrogens (tertiary/aromatic N) is 3. The number of rotatable bonds is 9. The molecule has 6 heteroatoms. The van der Waals surface area contributed by atoms with Gasteiger partial charge in [0.25, 0.3) is 5.91 Å². The van der Waals surface area contributed by atoms with E-state index in [0.717, 1.165) is 71.0 Å². The quantitative estimate of drug-likeness (QED) is 0.453. The zero-order valence-electron chi connectivity index (χ0n) is 21.3. The number of carbonyl (C=O) groups is 1. The molecule has 0 N–H and O–H groups in total. The van der Waals surface area contributed by atoms with Gasteiger partial charge in [0.05, 0.1) is 0 Å². The van der Waals surface area contributed by atoms with Crippen molar-refractivity contribution in [1.82, 2.24) is 14.7 Å². The summed E-state index contributed by atoms with van der Waals surface area (Å²) in [5, 5.41) is 2.61. The average molecular weight is 488 g/mol. The van der Waals surface area contributed by atoms with Crippen molar-refractivity contribution in [2.75, 3.05) is 53.0 Å². The molecule has 0 aliphatic carbocycles. The van der Waals surface area contributed by atoms with Crippen molar-refractivity contribution in [2.24, 2.45) is 0 Å². The second-order valence-electron chi connectivity index (χ2n) is 9.98. The van der Waals surface area contributed by atoms with Gasteiger partial charge in [-0.3, -0.25) is 14.6 Å². The Morgan fingerprint density at radius 3 is 2.64 bits per heavy atom. The molecule has 2 aliphatic heterocycles. The molecule has 0 bridgehead atoms. The predicted molar refractivity (Wildman–Crippen MR) is 143 cm³/mol. The average Bonchev–Trinajstić information content (AvgIpc) is 3.44. The van der Waals surface area contributed by atoms with Crippen LogP contribution in [0.5, 0.6) is 5.75 Å². The fourth-order valence-corrected chi connectivity index (χ4v) is 5.28. The fourth-order valence-electron chi connectivity index (χ4n) is 5.28. The monoisotopic (exact) mass is 487 g/mol. The number of piperazine rings is 1. The topological polar surface area (TPSA) is 45.2 Å². The Hall–Kier alpha value is -2.93. The summed E-state index contributed by atoms with van der Waals surface area (Å²) < 4.78 is 11.7. The van der Waals surface area contributed by atoms with Gasteiger partial charge in [0.1, 0.15) is 18.5 Å². The van der Waals surface area contributed by atoms with Gasteiger partial charge in [-0.05, 0) is 53.9 Å². The maximum Gasteiger partial charge on any atom is 0.251 e. The van der Waals surface area contributed by atoms with Crippen molar-refractivity contribution in [2.45, 2.75) is 32.0 Å². The number of ether oxygens (including phenoxy) is 2. The second kappa shape index (κ2) is 11.9. The molecule has 0 radical (unpaired) electrons. The fraction of sp³-hybridized carbons (Fsp3) is 0.433. The second-order valence-corrected chi connectivity index (χ2v) is 9.98. The smallest absolute Gasteiger partial charge is 0.251 e. The first-order valence-corrected chi connectivity index (χ1v) is 13.2. The molecule has 5 rings (SSSR count). The summed E-state index contributed by atoms with van der Waals surface area (Å²) in [5.41, 5.74) is 2.59. The summed E-state index contributed by atoms with van der Waals surface area (Å²) >= 11 is 0. The van der Waals surface area contributed by atoms with E-state index in [4.69, 9.17) is 9.47 Å². The van der Waals surface area contributed by atoms with Crippen LogP contribution in [0.15, 0.2) is 66.7 Å². The van der Waals surface area contributed by atoms with Gasteiger partial charge in [-0.1, -0.05) is 54.6 Å². The lowest BCUT2D eigenvalue weighted by Crippen LogP contribution is -2.52.